The largest absolute Gasteiger partial charge is 0.496 e. The summed E-state index contributed by atoms with van der Waals surface area (Å²) in [6.07, 6.45) is 1.08. The summed E-state index contributed by atoms with van der Waals surface area (Å²) in [5.41, 5.74) is 2.42. The Bertz CT molecular complexity index is 1360. The van der Waals surface area contributed by atoms with Gasteiger partial charge in [0.15, 0.2) is 0 Å². The van der Waals surface area contributed by atoms with Crippen LogP contribution in [-0.2, 0) is 23.0 Å². The van der Waals surface area contributed by atoms with E-state index >= 15 is 0 Å². The number of aliphatic hydroxyl groups is 1. The van der Waals surface area contributed by atoms with Crippen LogP contribution in [-0.4, -0.2) is 74.9 Å². The zero-order chi connectivity index (χ0) is 25.9. The van der Waals surface area contributed by atoms with Gasteiger partial charge in [-0.15, -0.1) is 5.10 Å². The molecule has 13 heteroatoms. The Morgan fingerprint density at radius 3 is 2.81 bits per heavy atom. The van der Waals surface area contributed by atoms with Crippen molar-refractivity contribution in [1.82, 2.24) is 29.5 Å². The number of hydrogen-bond donors (Lipinski definition) is 2. The van der Waals surface area contributed by atoms with Gasteiger partial charge in [-0.25, -0.2) is 18.1 Å². The molecular weight excluding hydrogens is 486 g/mol. The average molecular weight is 516 g/mol. The first-order valence-electron chi connectivity index (χ1n) is 11.6. The number of ether oxygens (including phenoxy) is 1. The first kappa shape index (κ1) is 25.7. The van der Waals surface area contributed by atoms with Crippen molar-refractivity contribution in [1.29, 1.82) is 0 Å². The van der Waals surface area contributed by atoms with Crippen LogP contribution in [0, 0.1) is 0 Å². The number of hydrogen-bond acceptors (Lipinski definition) is 9. The highest BCUT2D eigenvalue weighted by Crippen LogP contribution is 2.30. The summed E-state index contributed by atoms with van der Waals surface area (Å²) in [4.78, 5) is 17.7. The fraction of sp³-hybridized carbons (Fsp3) is 0.435. The van der Waals surface area contributed by atoms with Crippen LogP contribution in [0.1, 0.15) is 47.8 Å². The molecule has 0 bridgehead atoms. The zero-order valence-corrected chi connectivity index (χ0v) is 21.2. The Morgan fingerprint density at radius 1 is 1.28 bits per heavy atom. The number of sulfonamides is 1. The lowest BCUT2D eigenvalue weighted by atomic mass is 9.97. The maximum absolute atomic E-state index is 13.2. The Labute approximate surface area is 209 Å². The summed E-state index contributed by atoms with van der Waals surface area (Å²) in [6.45, 7) is 4.06. The minimum Gasteiger partial charge on any atom is -0.496 e. The Morgan fingerprint density at radius 2 is 2.08 bits per heavy atom. The summed E-state index contributed by atoms with van der Waals surface area (Å²) in [5.74, 6) is 0.668. The monoisotopic (exact) mass is 515 g/mol. The average Bonchev–Trinajstić information content (AvgIpc) is 3.37. The van der Waals surface area contributed by atoms with E-state index in [0.717, 1.165) is 11.1 Å². The van der Waals surface area contributed by atoms with Gasteiger partial charge in [-0.3, -0.25) is 4.79 Å². The topological polar surface area (TPSA) is 152 Å². The van der Waals surface area contributed by atoms with E-state index in [1.165, 1.54) is 16.1 Å². The lowest BCUT2D eigenvalue weighted by molar-refractivity contribution is 0.102. The molecule has 0 radical (unpaired) electrons. The molecule has 12 nitrogen and oxygen atoms in total. The third-order valence-corrected chi connectivity index (χ3v) is 8.02. The van der Waals surface area contributed by atoms with Crippen LogP contribution in [0.2, 0.25) is 0 Å². The quantitative estimate of drug-likeness (QED) is 0.433. The van der Waals surface area contributed by atoms with Crippen LogP contribution < -0.4 is 10.1 Å². The number of carbonyl (C=O) groups excluding carboxylic acids is 1. The molecule has 1 atom stereocenters. The molecule has 4 rings (SSSR count). The lowest BCUT2D eigenvalue weighted by Gasteiger charge is -2.29. The van der Waals surface area contributed by atoms with E-state index < -0.39 is 15.9 Å². The standard InChI is InChI=1S/C23H29N7O5S/c1-4-10-36(33,34)29-9-8-16-12-20(35-3)18(11-17(16)13-29)23(32)25-21-7-5-6-19(24-21)22-26-27-28-30(22)15(2)14-31/h5-7,11-12,15,31H,4,8-10,13-14H2,1-3H3,(H,24,25,32)/t15-/m1/s1. The molecule has 0 aliphatic carbocycles. The smallest absolute Gasteiger partial charge is 0.260 e. The summed E-state index contributed by atoms with van der Waals surface area (Å²) in [5, 5.41) is 23.8. The molecular formula is C23H29N7O5S. The minimum absolute atomic E-state index is 0.0915. The molecule has 1 amide bonds. The number of methoxy groups -OCH3 is 1. The highest BCUT2D eigenvalue weighted by atomic mass is 32.2. The summed E-state index contributed by atoms with van der Waals surface area (Å²) >= 11 is 0. The molecule has 3 aromatic rings. The third-order valence-electron chi connectivity index (χ3n) is 5.99. The third kappa shape index (κ3) is 5.22. The summed E-state index contributed by atoms with van der Waals surface area (Å²) in [6, 6.07) is 8.17. The molecule has 0 saturated heterocycles. The van der Waals surface area contributed by atoms with Gasteiger partial charge in [0.25, 0.3) is 5.91 Å². The van der Waals surface area contributed by atoms with E-state index in [4.69, 9.17) is 4.74 Å². The number of fused-ring (bicyclic) bond motifs is 1. The fourth-order valence-electron chi connectivity index (χ4n) is 4.08. The van der Waals surface area contributed by atoms with Crippen LogP contribution in [0.15, 0.2) is 30.3 Å². The van der Waals surface area contributed by atoms with E-state index in [9.17, 15) is 18.3 Å². The van der Waals surface area contributed by atoms with Gasteiger partial charge in [-0.1, -0.05) is 13.0 Å². The molecule has 0 fully saturated rings. The Kier molecular flexibility index (Phi) is 7.62. The van der Waals surface area contributed by atoms with Gasteiger partial charge in [0, 0.05) is 13.1 Å². The molecule has 1 aliphatic heterocycles. The molecule has 3 heterocycles. The number of benzene rings is 1. The van der Waals surface area contributed by atoms with Crippen molar-refractivity contribution in [3.05, 3.63) is 47.0 Å². The van der Waals surface area contributed by atoms with Crippen LogP contribution >= 0.6 is 0 Å². The second-order valence-corrected chi connectivity index (χ2v) is 10.7. The SMILES string of the molecule is CCCS(=O)(=O)N1CCc2cc(OC)c(C(=O)Nc3cccc(-c4nnnn4[C@H](C)CO)n3)cc2C1. The van der Waals surface area contributed by atoms with Crippen molar-refractivity contribution in [2.75, 3.05) is 31.3 Å². The van der Waals surface area contributed by atoms with Crippen LogP contribution in [0.25, 0.3) is 11.5 Å². The summed E-state index contributed by atoms with van der Waals surface area (Å²) in [7, 11) is -1.87. The van der Waals surface area contributed by atoms with Gasteiger partial charge in [-0.2, -0.15) is 4.31 Å². The molecule has 192 valence electrons. The first-order chi connectivity index (χ1) is 17.3. The number of aliphatic hydroxyl groups excluding tert-OH is 1. The molecule has 0 spiro atoms. The lowest BCUT2D eigenvalue weighted by Crippen LogP contribution is -2.37. The molecule has 1 aromatic carbocycles. The normalized spacial score (nSPS) is 14.8. The molecule has 1 aliphatic rings. The molecule has 0 unspecified atom stereocenters. The van der Waals surface area contributed by atoms with Crippen molar-refractivity contribution < 1.29 is 23.1 Å². The number of pyridine rings is 1. The van der Waals surface area contributed by atoms with E-state index in [-0.39, 0.29) is 36.3 Å². The number of rotatable bonds is 9. The second-order valence-electron chi connectivity index (χ2n) is 8.56. The van der Waals surface area contributed by atoms with Crippen molar-refractivity contribution in [3.8, 4) is 17.3 Å². The predicted molar refractivity (Wildman–Crippen MR) is 132 cm³/mol. The van der Waals surface area contributed by atoms with Gasteiger partial charge in [-0.05, 0) is 65.6 Å². The van der Waals surface area contributed by atoms with Gasteiger partial charge < -0.3 is 15.2 Å². The fourth-order valence-corrected chi connectivity index (χ4v) is 5.56. The number of aromatic nitrogens is 5. The zero-order valence-electron chi connectivity index (χ0n) is 20.4. The first-order valence-corrected chi connectivity index (χ1v) is 13.2. The van der Waals surface area contributed by atoms with Crippen LogP contribution in [0.4, 0.5) is 5.82 Å². The van der Waals surface area contributed by atoms with Gasteiger partial charge in [0.2, 0.25) is 15.8 Å². The second kappa shape index (κ2) is 10.7. The van der Waals surface area contributed by atoms with Gasteiger partial charge in [0.1, 0.15) is 17.3 Å². The minimum atomic E-state index is -3.35. The van der Waals surface area contributed by atoms with Crippen molar-refractivity contribution in [2.24, 2.45) is 0 Å². The Hall–Kier alpha value is -3.42. The van der Waals surface area contributed by atoms with Crippen molar-refractivity contribution >= 4 is 21.7 Å². The van der Waals surface area contributed by atoms with E-state index in [1.807, 2.05) is 6.92 Å². The molecule has 36 heavy (non-hydrogen) atoms. The number of nitrogens with one attached hydrogen (secondary N) is 1. The van der Waals surface area contributed by atoms with Gasteiger partial charge in [0.05, 0.1) is 31.1 Å². The highest BCUT2D eigenvalue weighted by Gasteiger charge is 2.28. The molecule has 2 aromatic heterocycles. The molecule has 2 N–H and O–H groups in total. The summed E-state index contributed by atoms with van der Waals surface area (Å²) < 4.78 is 33.6. The van der Waals surface area contributed by atoms with Crippen LogP contribution in [0.5, 0.6) is 5.75 Å². The number of amides is 1. The Balaban J connectivity index is 1.60. The molecule has 0 saturated carbocycles. The van der Waals surface area contributed by atoms with E-state index in [0.29, 0.717) is 36.7 Å². The van der Waals surface area contributed by atoms with Crippen molar-refractivity contribution in [2.45, 2.75) is 39.3 Å². The van der Waals surface area contributed by atoms with Gasteiger partial charge >= 0.3 is 0 Å². The number of anilines is 1. The van der Waals surface area contributed by atoms with Crippen LogP contribution in [0.3, 0.4) is 0 Å². The number of nitrogens with zero attached hydrogens (tertiary/aromatic N) is 6. The predicted octanol–water partition coefficient (Wildman–Crippen LogP) is 1.65. The number of carbonyl (C=O) groups is 1. The maximum atomic E-state index is 13.2. The van der Waals surface area contributed by atoms with E-state index in [2.05, 4.69) is 25.8 Å². The maximum Gasteiger partial charge on any atom is 0.260 e. The number of tetrazole rings is 1. The van der Waals surface area contributed by atoms with E-state index in [1.54, 1.807) is 37.3 Å². The highest BCUT2D eigenvalue weighted by molar-refractivity contribution is 7.89. The van der Waals surface area contributed by atoms with Crippen molar-refractivity contribution in [3.63, 3.8) is 0 Å².